The molecule has 0 saturated carbocycles. The Morgan fingerprint density at radius 2 is 2.33 bits per heavy atom. The lowest BCUT2D eigenvalue weighted by atomic mass is 10.2. The van der Waals surface area contributed by atoms with Crippen LogP contribution in [0.2, 0.25) is 0 Å². The lowest BCUT2D eigenvalue weighted by Crippen LogP contribution is -1.70. The van der Waals surface area contributed by atoms with Gasteiger partial charge in [0.15, 0.2) is 11.1 Å². The second-order valence-corrected chi connectivity index (χ2v) is 3.61. The van der Waals surface area contributed by atoms with Gasteiger partial charge in [0.25, 0.3) is 0 Å². The van der Waals surface area contributed by atoms with Crippen LogP contribution in [0.3, 0.4) is 0 Å². The highest BCUT2D eigenvalue weighted by atomic mass is 31.1. The molecule has 0 aliphatic carbocycles. The van der Waals surface area contributed by atoms with Crippen molar-refractivity contribution in [2.45, 2.75) is 20.3 Å². The van der Waals surface area contributed by atoms with E-state index in [4.69, 9.17) is 0 Å². The van der Waals surface area contributed by atoms with Crippen LogP contribution in [0.5, 0.6) is 0 Å². The van der Waals surface area contributed by atoms with Gasteiger partial charge in [-0.3, -0.25) is 0 Å². The zero-order valence-corrected chi connectivity index (χ0v) is 6.61. The van der Waals surface area contributed by atoms with Crippen molar-refractivity contribution in [2.24, 2.45) is 0 Å². The fraction of sp³-hybridized carbons (Fsp3) is 0.429. The second kappa shape index (κ2) is 2.45. The predicted octanol–water partition coefficient (Wildman–Crippen LogP) is 3.03. The SMILES string of the molecule is CCC1=C(C)C=C[P+]1=O. The fourth-order valence-corrected chi connectivity index (χ4v) is 2.25. The third-order valence-corrected chi connectivity index (χ3v) is 3.14. The molecule has 0 aromatic carbocycles. The monoisotopic (exact) mass is 141 g/mol. The highest BCUT2D eigenvalue weighted by Gasteiger charge is 2.25. The summed E-state index contributed by atoms with van der Waals surface area (Å²) in [6, 6.07) is 0. The van der Waals surface area contributed by atoms with Crippen molar-refractivity contribution in [1.82, 2.24) is 0 Å². The number of allylic oxidation sites excluding steroid dienone is 3. The van der Waals surface area contributed by atoms with E-state index in [1.807, 2.05) is 19.9 Å². The van der Waals surface area contributed by atoms with Gasteiger partial charge in [-0.2, -0.15) is 0 Å². The van der Waals surface area contributed by atoms with Crippen LogP contribution < -0.4 is 0 Å². The molecule has 0 bridgehead atoms. The smallest absolute Gasteiger partial charge is 0.0623 e. The molecular weight excluding hydrogens is 131 g/mol. The minimum Gasteiger partial charge on any atom is -0.0623 e. The lowest BCUT2D eigenvalue weighted by molar-refractivity contribution is 0.595. The maximum absolute atomic E-state index is 11.0. The van der Waals surface area contributed by atoms with E-state index < -0.39 is 7.80 Å². The Kier molecular flexibility index (Phi) is 1.82. The average Bonchev–Trinajstić information content (AvgIpc) is 2.12. The van der Waals surface area contributed by atoms with Crippen LogP contribution in [0.25, 0.3) is 0 Å². The maximum Gasteiger partial charge on any atom is 0.403 e. The Hall–Kier alpha value is -0.420. The molecule has 0 aromatic heterocycles. The first-order valence-corrected chi connectivity index (χ1v) is 4.43. The molecule has 1 rings (SSSR count). The van der Waals surface area contributed by atoms with Gasteiger partial charge in [-0.15, -0.1) is 0 Å². The summed E-state index contributed by atoms with van der Waals surface area (Å²) in [5.74, 6) is 1.78. The Bertz CT molecular complexity index is 201. The van der Waals surface area contributed by atoms with Gasteiger partial charge in [-0.05, 0) is 13.0 Å². The van der Waals surface area contributed by atoms with Gasteiger partial charge in [-0.1, -0.05) is 11.5 Å². The standard InChI is InChI=1S/C7H10OP/c1-3-7-6(2)4-5-9(7)8/h4-5H,3H2,1-2H3/q+1. The Morgan fingerprint density at radius 3 is 2.56 bits per heavy atom. The molecular formula is C7H10OP+. The van der Waals surface area contributed by atoms with E-state index in [1.165, 1.54) is 5.57 Å². The van der Waals surface area contributed by atoms with Crippen LogP contribution in [-0.4, -0.2) is 0 Å². The van der Waals surface area contributed by atoms with Gasteiger partial charge in [-0.25, -0.2) is 0 Å². The average molecular weight is 141 g/mol. The molecule has 2 heteroatoms. The molecule has 0 radical (unpaired) electrons. The van der Waals surface area contributed by atoms with Crippen LogP contribution >= 0.6 is 7.80 Å². The zero-order chi connectivity index (χ0) is 6.85. The van der Waals surface area contributed by atoms with Crippen LogP contribution in [0.4, 0.5) is 0 Å². The molecule has 1 aliphatic rings. The predicted molar refractivity (Wildman–Crippen MR) is 39.7 cm³/mol. The van der Waals surface area contributed by atoms with Crippen molar-refractivity contribution >= 4 is 7.80 Å². The van der Waals surface area contributed by atoms with Gasteiger partial charge < -0.3 is 0 Å². The normalized spacial score (nSPS) is 21.8. The first-order chi connectivity index (χ1) is 4.25. The first-order valence-electron chi connectivity index (χ1n) is 3.10. The number of hydrogen-bond acceptors (Lipinski definition) is 1. The molecule has 1 aliphatic heterocycles. The summed E-state index contributed by atoms with van der Waals surface area (Å²) in [7, 11) is -1.12. The van der Waals surface area contributed by atoms with E-state index in [2.05, 4.69) is 0 Å². The van der Waals surface area contributed by atoms with Gasteiger partial charge >= 0.3 is 7.80 Å². The maximum atomic E-state index is 11.0. The summed E-state index contributed by atoms with van der Waals surface area (Å²) >= 11 is 0. The van der Waals surface area contributed by atoms with E-state index in [0.29, 0.717) is 0 Å². The molecule has 0 aromatic rings. The van der Waals surface area contributed by atoms with E-state index in [1.54, 1.807) is 5.82 Å². The van der Waals surface area contributed by atoms with Gasteiger partial charge in [0, 0.05) is 12.0 Å². The third-order valence-electron chi connectivity index (χ3n) is 1.52. The van der Waals surface area contributed by atoms with Crippen molar-refractivity contribution in [2.75, 3.05) is 0 Å². The molecule has 0 saturated heterocycles. The molecule has 1 unspecified atom stereocenters. The Labute approximate surface area is 56.2 Å². The Morgan fingerprint density at radius 1 is 1.67 bits per heavy atom. The van der Waals surface area contributed by atoms with E-state index in [-0.39, 0.29) is 0 Å². The molecule has 0 amide bonds. The summed E-state index contributed by atoms with van der Waals surface area (Å²) in [5, 5.41) is 1.12. The zero-order valence-electron chi connectivity index (χ0n) is 5.72. The van der Waals surface area contributed by atoms with Gasteiger partial charge in [0.2, 0.25) is 0 Å². The molecule has 1 atom stereocenters. The van der Waals surface area contributed by atoms with E-state index in [0.717, 1.165) is 11.7 Å². The minimum absolute atomic E-state index is 0.925. The topological polar surface area (TPSA) is 17.1 Å². The minimum atomic E-state index is -1.12. The van der Waals surface area contributed by atoms with Crippen molar-refractivity contribution in [3.63, 3.8) is 0 Å². The lowest BCUT2D eigenvalue weighted by Gasteiger charge is -1.83. The van der Waals surface area contributed by atoms with E-state index in [9.17, 15) is 4.57 Å². The molecule has 0 N–H and O–H groups in total. The van der Waals surface area contributed by atoms with Gasteiger partial charge in [0.05, 0.1) is 0 Å². The fourth-order valence-electron chi connectivity index (χ4n) is 0.974. The largest absolute Gasteiger partial charge is 0.403 e. The van der Waals surface area contributed by atoms with Crippen molar-refractivity contribution in [3.05, 3.63) is 22.8 Å². The molecule has 1 nitrogen and oxygen atoms in total. The van der Waals surface area contributed by atoms with Crippen LogP contribution in [0.15, 0.2) is 22.8 Å². The number of hydrogen-bond donors (Lipinski definition) is 0. The summed E-state index contributed by atoms with van der Waals surface area (Å²) in [5.41, 5.74) is 1.19. The molecule has 0 spiro atoms. The molecule has 48 valence electrons. The third kappa shape index (κ3) is 1.11. The molecule has 9 heavy (non-hydrogen) atoms. The van der Waals surface area contributed by atoms with Crippen LogP contribution in [0, 0.1) is 0 Å². The molecule has 1 heterocycles. The quantitative estimate of drug-likeness (QED) is 0.513. The second-order valence-electron chi connectivity index (χ2n) is 2.12. The van der Waals surface area contributed by atoms with Crippen molar-refractivity contribution < 1.29 is 4.57 Å². The van der Waals surface area contributed by atoms with Crippen molar-refractivity contribution in [1.29, 1.82) is 0 Å². The van der Waals surface area contributed by atoms with Gasteiger partial charge in [0.1, 0.15) is 0 Å². The molecule has 0 fully saturated rings. The van der Waals surface area contributed by atoms with Crippen LogP contribution in [-0.2, 0) is 4.57 Å². The summed E-state index contributed by atoms with van der Waals surface area (Å²) in [6.45, 7) is 4.05. The summed E-state index contributed by atoms with van der Waals surface area (Å²) in [4.78, 5) is 0. The Balaban J connectivity index is 2.92. The van der Waals surface area contributed by atoms with E-state index >= 15 is 0 Å². The summed E-state index contributed by atoms with van der Waals surface area (Å²) < 4.78 is 11.0. The number of rotatable bonds is 1. The van der Waals surface area contributed by atoms with Crippen LogP contribution in [0.1, 0.15) is 20.3 Å². The highest BCUT2D eigenvalue weighted by molar-refractivity contribution is 7.53. The highest BCUT2D eigenvalue weighted by Crippen LogP contribution is 2.43. The van der Waals surface area contributed by atoms with Crippen molar-refractivity contribution in [3.8, 4) is 0 Å². The first kappa shape index (κ1) is 6.70. The summed E-state index contributed by atoms with van der Waals surface area (Å²) in [6.07, 6.45) is 2.87.